The molecule has 0 radical (unpaired) electrons. The Hall–Kier alpha value is -1.76. The van der Waals surface area contributed by atoms with Crippen LogP contribution in [0.1, 0.15) is 122 Å². The van der Waals surface area contributed by atoms with E-state index >= 15 is 0 Å². The molecule has 0 aromatic heterocycles. The molecule has 3 rings (SSSR count). The molecule has 0 saturated heterocycles. The van der Waals surface area contributed by atoms with Crippen molar-refractivity contribution in [2.45, 2.75) is 116 Å². The molecule has 0 spiro atoms. The van der Waals surface area contributed by atoms with E-state index in [0.29, 0.717) is 0 Å². The van der Waals surface area contributed by atoms with Gasteiger partial charge < -0.3 is 4.74 Å². The van der Waals surface area contributed by atoms with E-state index in [1.54, 1.807) is 5.56 Å². The molecule has 182 valence electrons. The van der Waals surface area contributed by atoms with Crippen molar-refractivity contribution >= 4 is 0 Å². The van der Waals surface area contributed by atoms with Crippen molar-refractivity contribution in [3.63, 3.8) is 0 Å². The summed E-state index contributed by atoms with van der Waals surface area (Å²) in [7, 11) is 0. The van der Waals surface area contributed by atoms with Gasteiger partial charge in [-0.25, -0.2) is 0 Å². The summed E-state index contributed by atoms with van der Waals surface area (Å²) >= 11 is 0. The second-order valence-corrected chi connectivity index (χ2v) is 10.3. The van der Waals surface area contributed by atoms with Crippen molar-refractivity contribution in [1.82, 2.24) is 0 Å². The van der Waals surface area contributed by atoms with Crippen LogP contribution in [0, 0.1) is 5.92 Å². The van der Waals surface area contributed by atoms with E-state index in [1.807, 2.05) is 6.92 Å². The molecule has 1 nitrogen and oxygen atoms in total. The number of hydrogen-bond acceptors (Lipinski definition) is 1. The molecular formula is C32H48O. The van der Waals surface area contributed by atoms with Crippen LogP contribution in [-0.4, -0.2) is 6.61 Å². The molecule has 1 aliphatic carbocycles. The van der Waals surface area contributed by atoms with Crippen molar-refractivity contribution in [3.8, 4) is 16.9 Å². The molecule has 1 heteroatoms. The molecule has 0 aliphatic heterocycles. The predicted octanol–water partition coefficient (Wildman–Crippen LogP) is 10.3. The van der Waals surface area contributed by atoms with Gasteiger partial charge in [-0.1, -0.05) is 114 Å². The lowest BCUT2D eigenvalue weighted by atomic mass is 9.77. The summed E-state index contributed by atoms with van der Waals surface area (Å²) in [6.07, 6.45) is 21.6. The van der Waals surface area contributed by atoms with Crippen molar-refractivity contribution < 1.29 is 4.74 Å². The van der Waals surface area contributed by atoms with Crippen molar-refractivity contribution in [2.24, 2.45) is 5.92 Å². The van der Waals surface area contributed by atoms with Crippen LogP contribution < -0.4 is 4.74 Å². The highest BCUT2D eigenvalue weighted by atomic mass is 16.5. The first-order chi connectivity index (χ1) is 16.3. The molecule has 1 aliphatic rings. The summed E-state index contributed by atoms with van der Waals surface area (Å²) < 4.78 is 5.57. The van der Waals surface area contributed by atoms with Gasteiger partial charge in [-0.3, -0.25) is 0 Å². The normalized spacial score (nSPS) is 18.4. The zero-order chi connectivity index (χ0) is 23.1. The maximum atomic E-state index is 5.57. The van der Waals surface area contributed by atoms with E-state index in [2.05, 4.69) is 55.5 Å². The highest BCUT2D eigenvalue weighted by Gasteiger charge is 2.22. The van der Waals surface area contributed by atoms with E-state index < -0.39 is 0 Å². The van der Waals surface area contributed by atoms with Gasteiger partial charge in [0, 0.05) is 0 Å². The van der Waals surface area contributed by atoms with E-state index in [-0.39, 0.29) is 0 Å². The molecule has 0 unspecified atom stereocenters. The maximum absolute atomic E-state index is 5.57. The van der Waals surface area contributed by atoms with Crippen LogP contribution in [0.3, 0.4) is 0 Å². The van der Waals surface area contributed by atoms with Gasteiger partial charge in [0.05, 0.1) is 6.61 Å². The fourth-order valence-electron chi connectivity index (χ4n) is 5.56. The second-order valence-electron chi connectivity index (χ2n) is 10.3. The molecule has 33 heavy (non-hydrogen) atoms. The minimum atomic E-state index is 0.718. The molecule has 2 aromatic rings. The number of ether oxygens (including phenoxy) is 1. The first kappa shape index (κ1) is 25.9. The minimum Gasteiger partial charge on any atom is -0.494 e. The summed E-state index contributed by atoms with van der Waals surface area (Å²) in [5, 5.41) is 0. The molecule has 0 heterocycles. The molecule has 0 atom stereocenters. The zero-order valence-corrected chi connectivity index (χ0v) is 21.5. The highest BCUT2D eigenvalue weighted by molar-refractivity contribution is 5.64. The maximum Gasteiger partial charge on any atom is 0.119 e. The third-order valence-electron chi connectivity index (χ3n) is 7.69. The van der Waals surface area contributed by atoms with Crippen LogP contribution >= 0.6 is 0 Å². The summed E-state index contributed by atoms with van der Waals surface area (Å²) in [6, 6.07) is 17.8. The van der Waals surface area contributed by atoms with Gasteiger partial charge in [-0.05, 0) is 73.3 Å². The molecule has 1 saturated carbocycles. The quantitative estimate of drug-likeness (QED) is 0.246. The Bertz CT molecular complexity index is 737. The van der Waals surface area contributed by atoms with Gasteiger partial charge in [-0.2, -0.15) is 0 Å². The van der Waals surface area contributed by atoms with Crippen molar-refractivity contribution in [1.29, 1.82) is 0 Å². The van der Waals surface area contributed by atoms with Crippen LogP contribution in [0.4, 0.5) is 0 Å². The molecular weight excluding hydrogens is 400 g/mol. The van der Waals surface area contributed by atoms with Gasteiger partial charge in [0.1, 0.15) is 5.75 Å². The Morgan fingerprint density at radius 2 is 1.12 bits per heavy atom. The van der Waals surface area contributed by atoms with Crippen LogP contribution in [0.15, 0.2) is 48.5 Å². The third kappa shape index (κ3) is 9.19. The molecule has 1 fully saturated rings. The number of hydrogen-bond donors (Lipinski definition) is 0. The lowest BCUT2D eigenvalue weighted by molar-refractivity contribution is 0.301. The first-order valence-corrected chi connectivity index (χ1v) is 14.1. The van der Waals surface area contributed by atoms with Crippen LogP contribution in [-0.2, 0) is 0 Å². The monoisotopic (exact) mass is 448 g/mol. The lowest BCUT2D eigenvalue weighted by Crippen LogP contribution is -2.13. The van der Waals surface area contributed by atoms with Gasteiger partial charge in [0.25, 0.3) is 0 Å². The van der Waals surface area contributed by atoms with Crippen LogP contribution in [0.2, 0.25) is 0 Å². The van der Waals surface area contributed by atoms with Gasteiger partial charge in [0.15, 0.2) is 0 Å². The summed E-state index contributed by atoms with van der Waals surface area (Å²) in [5.41, 5.74) is 4.11. The zero-order valence-electron chi connectivity index (χ0n) is 21.5. The average molecular weight is 449 g/mol. The predicted molar refractivity (Wildman–Crippen MR) is 144 cm³/mol. The Morgan fingerprint density at radius 1 is 0.606 bits per heavy atom. The Kier molecular flexibility index (Phi) is 11.9. The van der Waals surface area contributed by atoms with E-state index in [4.69, 9.17) is 4.74 Å². The van der Waals surface area contributed by atoms with Crippen molar-refractivity contribution in [3.05, 3.63) is 54.1 Å². The Morgan fingerprint density at radius 3 is 1.67 bits per heavy atom. The SMILES string of the molecule is CCCCCCCCCCCCC1CCC(c2ccc(-c3ccc(OCC)cc3)cc2)CC1. The second kappa shape index (κ2) is 15.2. The Balaban J connectivity index is 1.30. The van der Waals surface area contributed by atoms with Gasteiger partial charge in [0.2, 0.25) is 0 Å². The molecule has 0 amide bonds. The highest BCUT2D eigenvalue weighted by Crippen LogP contribution is 2.38. The topological polar surface area (TPSA) is 9.23 Å². The smallest absolute Gasteiger partial charge is 0.119 e. The van der Waals surface area contributed by atoms with Gasteiger partial charge >= 0.3 is 0 Å². The molecule has 0 bridgehead atoms. The Labute approximate surface area is 204 Å². The minimum absolute atomic E-state index is 0.718. The fraction of sp³-hybridized carbons (Fsp3) is 0.625. The summed E-state index contributed by atoms with van der Waals surface area (Å²) in [5.74, 6) is 2.70. The fourth-order valence-corrected chi connectivity index (χ4v) is 5.56. The number of benzene rings is 2. The largest absolute Gasteiger partial charge is 0.494 e. The standard InChI is InChI=1S/C32H48O/c1-3-5-6-7-8-9-10-11-12-13-14-27-15-17-28(18-16-27)29-19-21-30(22-20-29)31-23-25-32(26-24-31)33-4-2/h19-28H,3-18H2,1-2H3. The average Bonchev–Trinajstić information content (AvgIpc) is 2.86. The van der Waals surface area contributed by atoms with Crippen molar-refractivity contribution in [2.75, 3.05) is 6.61 Å². The van der Waals surface area contributed by atoms with Crippen LogP contribution in [0.25, 0.3) is 11.1 Å². The van der Waals surface area contributed by atoms with Crippen LogP contribution in [0.5, 0.6) is 5.75 Å². The van der Waals surface area contributed by atoms with E-state index in [9.17, 15) is 0 Å². The van der Waals surface area contributed by atoms with E-state index in [1.165, 1.54) is 107 Å². The number of rotatable bonds is 15. The molecule has 2 aromatic carbocycles. The summed E-state index contributed by atoms with van der Waals surface area (Å²) in [4.78, 5) is 0. The van der Waals surface area contributed by atoms with Gasteiger partial charge in [-0.15, -0.1) is 0 Å². The van der Waals surface area contributed by atoms with E-state index in [0.717, 1.165) is 24.2 Å². The summed E-state index contributed by atoms with van der Waals surface area (Å²) in [6.45, 7) is 5.04. The first-order valence-electron chi connectivity index (χ1n) is 14.1. The molecule has 0 N–H and O–H groups in total. The lowest BCUT2D eigenvalue weighted by Gasteiger charge is -2.29. The third-order valence-corrected chi connectivity index (χ3v) is 7.69. The number of unbranched alkanes of at least 4 members (excludes halogenated alkanes) is 9.